The number of rotatable bonds is 14. The van der Waals surface area contributed by atoms with Crippen LogP contribution >= 0.6 is 0 Å². The van der Waals surface area contributed by atoms with E-state index >= 15 is 0 Å². The molecule has 0 spiro atoms. The second-order valence-electron chi connectivity index (χ2n) is 8.59. The minimum atomic E-state index is -0.0384. The van der Waals surface area contributed by atoms with E-state index in [1.54, 1.807) is 6.08 Å². The van der Waals surface area contributed by atoms with Gasteiger partial charge in [0.1, 0.15) is 11.5 Å². The minimum absolute atomic E-state index is 0.0384. The van der Waals surface area contributed by atoms with Crippen LogP contribution in [0.1, 0.15) is 94.6 Å². The molecule has 3 nitrogen and oxygen atoms in total. The number of allylic oxidation sites excluding steroid dienone is 1. The van der Waals surface area contributed by atoms with E-state index in [-0.39, 0.29) is 18.0 Å². The van der Waals surface area contributed by atoms with Crippen LogP contribution in [0.15, 0.2) is 48.5 Å². The van der Waals surface area contributed by atoms with Gasteiger partial charge in [0.15, 0.2) is 5.78 Å². The molecule has 0 heterocycles. The molecule has 0 aromatic heterocycles. The first kappa shape index (κ1) is 25.7. The lowest BCUT2D eigenvalue weighted by Gasteiger charge is -2.17. The lowest BCUT2D eigenvalue weighted by molar-refractivity contribution is 0.104. The molecule has 0 bridgehead atoms. The molecule has 3 heteroatoms. The number of hydrogen-bond acceptors (Lipinski definition) is 3. The van der Waals surface area contributed by atoms with Crippen molar-refractivity contribution in [2.24, 2.45) is 0 Å². The number of carbonyl (C=O) groups excluding carboxylic acids is 1. The highest BCUT2D eigenvalue weighted by Gasteiger charge is 2.10. The van der Waals surface area contributed by atoms with E-state index in [0.717, 1.165) is 62.0 Å². The van der Waals surface area contributed by atoms with E-state index in [2.05, 4.69) is 46.8 Å². The number of hydrogen-bond donors (Lipinski definition) is 0. The van der Waals surface area contributed by atoms with Crippen molar-refractivity contribution in [3.8, 4) is 11.5 Å². The van der Waals surface area contributed by atoms with Crippen LogP contribution in [0.25, 0.3) is 6.08 Å². The number of carbonyl (C=O) groups is 1. The maximum Gasteiger partial charge on any atom is 0.185 e. The Morgan fingerprint density at radius 1 is 0.906 bits per heavy atom. The maximum absolute atomic E-state index is 12.9. The summed E-state index contributed by atoms with van der Waals surface area (Å²) >= 11 is 0. The van der Waals surface area contributed by atoms with Crippen LogP contribution in [0, 0.1) is 0 Å². The van der Waals surface area contributed by atoms with E-state index in [4.69, 9.17) is 9.47 Å². The molecule has 0 saturated carbocycles. The molecule has 0 aliphatic rings. The van der Waals surface area contributed by atoms with E-state index in [1.165, 1.54) is 5.56 Å². The highest BCUT2D eigenvalue weighted by atomic mass is 16.5. The molecular formula is C29H40O3. The van der Waals surface area contributed by atoms with Crippen molar-refractivity contribution in [3.05, 3.63) is 65.2 Å². The van der Waals surface area contributed by atoms with E-state index in [9.17, 15) is 4.79 Å². The molecule has 0 amide bonds. The summed E-state index contributed by atoms with van der Waals surface area (Å²) in [6, 6.07) is 13.7. The number of unbranched alkanes of at least 4 members (excludes halogenated alkanes) is 2. The third-order valence-corrected chi connectivity index (χ3v) is 5.61. The van der Waals surface area contributed by atoms with Crippen molar-refractivity contribution in [1.29, 1.82) is 0 Å². The van der Waals surface area contributed by atoms with E-state index in [1.807, 2.05) is 36.4 Å². The van der Waals surface area contributed by atoms with Gasteiger partial charge in [0.05, 0.1) is 12.2 Å². The molecule has 32 heavy (non-hydrogen) atoms. The lowest BCUT2D eigenvalue weighted by atomic mass is 10.0. The Kier molecular flexibility index (Phi) is 11.1. The lowest BCUT2D eigenvalue weighted by Crippen LogP contribution is -2.12. The normalized spacial score (nSPS) is 13.2. The predicted molar refractivity (Wildman–Crippen MR) is 135 cm³/mol. The first-order chi connectivity index (χ1) is 15.5. The Morgan fingerprint density at radius 3 is 2.25 bits per heavy atom. The summed E-state index contributed by atoms with van der Waals surface area (Å²) < 4.78 is 12.2. The van der Waals surface area contributed by atoms with Gasteiger partial charge in [-0.3, -0.25) is 4.79 Å². The van der Waals surface area contributed by atoms with E-state index in [0.29, 0.717) is 5.56 Å². The van der Waals surface area contributed by atoms with Crippen LogP contribution in [-0.2, 0) is 6.42 Å². The highest BCUT2D eigenvalue weighted by molar-refractivity contribution is 6.07. The molecule has 0 fully saturated rings. The predicted octanol–water partition coefficient (Wildman–Crippen LogP) is 8.06. The third-order valence-electron chi connectivity index (χ3n) is 5.61. The van der Waals surface area contributed by atoms with Crippen molar-refractivity contribution in [2.75, 3.05) is 0 Å². The van der Waals surface area contributed by atoms with Crippen LogP contribution < -0.4 is 9.47 Å². The molecular weight excluding hydrogens is 396 g/mol. The Bertz CT molecular complexity index is 868. The molecule has 0 N–H and O–H groups in total. The van der Waals surface area contributed by atoms with Crippen molar-refractivity contribution in [1.82, 2.24) is 0 Å². The summed E-state index contributed by atoms with van der Waals surface area (Å²) in [5.41, 5.74) is 2.80. The Morgan fingerprint density at radius 2 is 1.59 bits per heavy atom. The molecule has 2 aromatic rings. The summed E-state index contributed by atoms with van der Waals surface area (Å²) in [6.45, 7) is 10.7. The summed E-state index contributed by atoms with van der Waals surface area (Å²) in [7, 11) is 0. The Balaban J connectivity index is 2.14. The topological polar surface area (TPSA) is 35.5 Å². The average molecular weight is 437 g/mol. The number of benzene rings is 2. The van der Waals surface area contributed by atoms with Crippen molar-refractivity contribution >= 4 is 11.9 Å². The summed E-state index contributed by atoms with van der Waals surface area (Å²) in [5, 5.41) is 0. The zero-order valence-electron chi connectivity index (χ0n) is 20.5. The first-order valence-electron chi connectivity index (χ1n) is 12.2. The van der Waals surface area contributed by atoms with E-state index < -0.39 is 0 Å². The standard InChI is InChI=1S/C29H40O3/c1-6-9-12-22(4)31-27-15-11-14-25(21-27)28(30)18-17-26-20-24(8-3)16-19-29(26)32-23(5)13-10-7-2/h11,14-23H,6-10,12-13H2,1-5H3/b18-17+. The quantitative estimate of drug-likeness (QED) is 0.222. The van der Waals surface area contributed by atoms with Gasteiger partial charge in [-0.05, 0) is 75.1 Å². The first-order valence-corrected chi connectivity index (χ1v) is 12.2. The Hall–Kier alpha value is -2.55. The zero-order chi connectivity index (χ0) is 23.3. The molecule has 2 atom stereocenters. The van der Waals surface area contributed by atoms with Crippen LogP contribution in [0.5, 0.6) is 11.5 Å². The van der Waals surface area contributed by atoms with Crippen LogP contribution in [0.2, 0.25) is 0 Å². The van der Waals surface area contributed by atoms with Crippen molar-refractivity contribution < 1.29 is 14.3 Å². The Labute approximate surface area is 194 Å². The maximum atomic E-state index is 12.9. The number of ether oxygens (including phenoxy) is 2. The number of aryl methyl sites for hydroxylation is 1. The SMILES string of the molecule is CCCCC(C)Oc1cccc(C(=O)/C=C/c2cc(CC)ccc2OC(C)CCCC)c1. The summed E-state index contributed by atoms with van der Waals surface area (Å²) in [6.07, 6.45) is 11.4. The molecule has 0 aliphatic heterocycles. The van der Waals surface area contributed by atoms with Gasteiger partial charge < -0.3 is 9.47 Å². The zero-order valence-corrected chi connectivity index (χ0v) is 20.5. The fourth-order valence-electron chi connectivity index (χ4n) is 3.59. The van der Waals surface area contributed by atoms with Gasteiger partial charge >= 0.3 is 0 Å². The largest absolute Gasteiger partial charge is 0.491 e. The fraction of sp³-hybridized carbons (Fsp3) is 0.483. The molecule has 0 aliphatic carbocycles. The minimum Gasteiger partial charge on any atom is -0.491 e. The second kappa shape index (κ2) is 13.8. The molecule has 174 valence electrons. The monoisotopic (exact) mass is 436 g/mol. The average Bonchev–Trinajstić information content (AvgIpc) is 2.80. The van der Waals surface area contributed by atoms with Gasteiger partial charge in [-0.1, -0.05) is 64.7 Å². The van der Waals surface area contributed by atoms with Gasteiger partial charge in [-0.25, -0.2) is 0 Å². The van der Waals surface area contributed by atoms with Gasteiger partial charge in [0, 0.05) is 11.1 Å². The molecule has 0 saturated heterocycles. The molecule has 2 rings (SSSR count). The third kappa shape index (κ3) is 8.53. The van der Waals surface area contributed by atoms with Crippen LogP contribution in [-0.4, -0.2) is 18.0 Å². The molecule has 0 radical (unpaired) electrons. The van der Waals surface area contributed by atoms with Crippen molar-refractivity contribution in [2.45, 2.75) is 91.8 Å². The smallest absolute Gasteiger partial charge is 0.185 e. The number of ketones is 1. The van der Waals surface area contributed by atoms with Crippen LogP contribution in [0.4, 0.5) is 0 Å². The van der Waals surface area contributed by atoms with Gasteiger partial charge in [0.2, 0.25) is 0 Å². The van der Waals surface area contributed by atoms with Gasteiger partial charge in [-0.15, -0.1) is 0 Å². The van der Waals surface area contributed by atoms with Gasteiger partial charge in [-0.2, -0.15) is 0 Å². The second-order valence-corrected chi connectivity index (χ2v) is 8.59. The van der Waals surface area contributed by atoms with Crippen LogP contribution in [0.3, 0.4) is 0 Å². The highest BCUT2D eigenvalue weighted by Crippen LogP contribution is 2.25. The summed E-state index contributed by atoms with van der Waals surface area (Å²) in [4.78, 5) is 12.9. The fourth-order valence-corrected chi connectivity index (χ4v) is 3.59. The summed E-state index contributed by atoms with van der Waals surface area (Å²) in [5.74, 6) is 1.54. The van der Waals surface area contributed by atoms with Gasteiger partial charge in [0.25, 0.3) is 0 Å². The molecule has 2 unspecified atom stereocenters. The molecule has 2 aromatic carbocycles. The van der Waals surface area contributed by atoms with Crippen molar-refractivity contribution in [3.63, 3.8) is 0 Å².